The molecule has 0 aliphatic heterocycles. The van der Waals surface area contributed by atoms with Crippen LogP contribution in [-0.2, 0) is 47.0 Å². The maximum atomic E-state index is 11.5. The SMILES string of the molecule is [CH2-]NC(=O)OCCCC(=O)CCSSCC(N)C(=O)NC.[CH3-].[Y]. The third-order valence-corrected chi connectivity index (χ3v) is 4.80. The first-order valence-electron chi connectivity index (χ1n) is 6.44. The van der Waals surface area contributed by atoms with Crippen molar-refractivity contribution in [2.24, 2.45) is 5.73 Å². The average molecular weight is 440 g/mol. The number of hydrogen-bond acceptors (Lipinski definition) is 7. The van der Waals surface area contributed by atoms with Crippen molar-refractivity contribution in [3.05, 3.63) is 14.5 Å². The average Bonchev–Trinajstić information content (AvgIpc) is 2.49. The van der Waals surface area contributed by atoms with Crippen LogP contribution >= 0.6 is 21.6 Å². The van der Waals surface area contributed by atoms with E-state index in [4.69, 9.17) is 10.5 Å². The molecule has 0 saturated heterocycles. The van der Waals surface area contributed by atoms with Crippen LogP contribution in [0.1, 0.15) is 19.3 Å². The van der Waals surface area contributed by atoms with E-state index in [1.807, 2.05) is 0 Å². The summed E-state index contributed by atoms with van der Waals surface area (Å²) in [5.74, 6) is 1.11. The van der Waals surface area contributed by atoms with Crippen LogP contribution in [0.15, 0.2) is 0 Å². The molecule has 0 bridgehead atoms. The molecule has 1 radical (unpaired) electrons. The van der Waals surface area contributed by atoms with Crippen LogP contribution in [0.2, 0.25) is 0 Å². The minimum atomic E-state index is -0.596. The van der Waals surface area contributed by atoms with Gasteiger partial charge in [0.25, 0.3) is 0 Å². The Balaban J connectivity index is -0.00000200. The van der Waals surface area contributed by atoms with Gasteiger partial charge in [0.2, 0.25) is 5.91 Å². The van der Waals surface area contributed by atoms with Gasteiger partial charge in [-0.05, 0) is 6.42 Å². The predicted molar refractivity (Wildman–Crippen MR) is 92.1 cm³/mol. The summed E-state index contributed by atoms with van der Waals surface area (Å²) in [7, 11) is 7.69. The number of carbonyl (C=O) groups is 3. The van der Waals surface area contributed by atoms with Gasteiger partial charge in [0.1, 0.15) is 5.78 Å². The van der Waals surface area contributed by atoms with Crippen LogP contribution in [0.3, 0.4) is 0 Å². The van der Waals surface area contributed by atoms with Gasteiger partial charge in [-0.2, -0.15) is 0 Å². The second kappa shape index (κ2) is 18.5. The summed E-state index contributed by atoms with van der Waals surface area (Å²) in [6, 6.07) is -0.528. The van der Waals surface area contributed by atoms with E-state index < -0.39 is 12.1 Å². The van der Waals surface area contributed by atoms with Crippen LogP contribution in [0, 0.1) is 14.5 Å². The van der Waals surface area contributed by atoms with Gasteiger partial charge in [-0.1, -0.05) is 21.6 Å². The van der Waals surface area contributed by atoms with Gasteiger partial charge in [0.15, 0.2) is 0 Å². The molecule has 0 aromatic heterocycles. The van der Waals surface area contributed by atoms with Gasteiger partial charge in [-0.15, -0.1) is 0 Å². The second-order valence-corrected chi connectivity index (χ2v) is 6.66. The number of carbonyl (C=O) groups excluding carboxylic acids is 3. The quantitative estimate of drug-likeness (QED) is 0.251. The number of rotatable bonds is 11. The zero-order chi connectivity index (χ0) is 16.1. The third-order valence-electron chi connectivity index (χ3n) is 2.36. The zero-order valence-electron chi connectivity index (χ0n) is 13.6. The van der Waals surface area contributed by atoms with Crippen LogP contribution in [0.4, 0.5) is 4.79 Å². The smallest absolute Gasteiger partial charge is 0.377 e. The Labute approximate surface area is 171 Å². The molecule has 0 rings (SSSR count). The van der Waals surface area contributed by atoms with Gasteiger partial charge in [0, 0.05) is 64.1 Å². The first kappa shape index (κ1) is 28.0. The Bertz CT molecular complexity index is 349. The van der Waals surface area contributed by atoms with E-state index >= 15 is 0 Å². The summed E-state index contributed by atoms with van der Waals surface area (Å²) in [4.78, 5) is 33.4. The molecule has 0 heterocycles. The molecule has 7 nitrogen and oxygen atoms in total. The van der Waals surface area contributed by atoms with E-state index in [2.05, 4.69) is 17.7 Å². The van der Waals surface area contributed by atoms with Crippen molar-refractivity contribution in [1.82, 2.24) is 10.6 Å². The summed E-state index contributed by atoms with van der Waals surface area (Å²) in [6.07, 6.45) is 0.745. The Morgan fingerprint density at radius 1 is 1.26 bits per heavy atom. The number of likely N-dealkylation sites (N-methyl/N-ethyl adjacent to an activating group) is 1. The fraction of sp³-hybridized carbons (Fsp3) is 0.615. The van der Waals surface area contributed by atoms with Crippen LogP contribution in [0.25, 0.3) is 0 Å². The van der Waals surface area contributed by atoms with Crippen molar-refractivity contribution < 1.29 is 51.8 Å². The van der Waals surface area contributed by atoms with Crippen molar-refractivity contribution in [2.75, 3.05) is 25.2 Å². The number of hydrogen-bond donors (Lipinski definition) is 3. The van der Waals surface area contributed by atoms with Crippen LogP contribution in [-0.4, -0.2) is 49.0 Å². The van der Waals surface area contributed by atoms with Crippen LogP contribution in [0.5, 0.6) is 0 Å². The molecular weight excluding hydrogens is 415 g/mol. The monoisotopic (exact) mass is 440 g/mol. The molecule has 2 amide bonds. The van der Waals surface area contributed by atoms with Gasteiger partial charge in [-0.25, -0.2) is 4.79 Å². The van der Waals surface area contributed by atoms with E-state index in [0.29, 0.717) is 30.8 Å². The number of nitrogens with one attached hydrogen (secondary N) is 2. The fourth-order valence-corrected chi connectivity index (χ4v) is 3.36. The largest absolute Gasteiger partial charge is 0.473 e. The molecule has 23 heavy (non-hydrogen) atoms. The normalized spacial score (nSPS) is 10.6. The summed E-state index contributed by atoms with van der Waals surface area (Å²) in [5, 5.41) is 4.56. The molecule has 1 atom stereocenters. The molecule has 0 aliphatic rings. The van der Waals surface area contributed by atoms with Crippen molar-refractivity contribution in [1.29, 1.82) is 0 Å². The molecule has 1 unspecified atom stereocenters. The second-order valence-electron chi connectivity index (χ2n) is 4.03. The number of alkyl carbamates (subject to hydrolysis) is 1. The number of Topliss-reactive ketones (excluding diaryl/α,β-unsaturated/α-hetero) is 1. The van der Waals surface area contributed by atoms with Crippen LogP contribution < -0.4 is 16.4 Å². The van der Waals surface area contributed by atoms with Crippen molar-refractivity contribution >= 4 is 39.4 Å². The Kier molecular flexibility index (Phi) is 22.5. The molecule has 0 saturated carbocycles. The van der Waals surface area contributed by atoms with Crippen molar-refractivity contribution in [2.45, 2.75) is 25.3 Å². The first-order chi connectivity index (χ1) is 10.0. The fourth-order valence-electron chi connectivity index (χ4n) is 1.21. The first-order valence-corrected chi connectivity index (χ1v) is 8.93. The zero-order valence-corrected chi connectivity index (χ0v) is 18.1. The number of amides is 2. The van der Waals surface area contributed by atoms with Gasteiger partial charge >= 0.3 is 6.09 Å². The maximum absolute atomic E-state index is 11.5. The molecule has 0 spiro atoms. The number of ether oxygens (including phenoxy) is 1. The topological polar surface area (TPSA) is 111 Å². The molecule has 4 N–H and O–H groups in total. The molecular formula is C13H25N3O4S2Y-2. The summed E-state index contributed by atoms with van der Waals surface area (Å²) < 4.78 is 4.72. The molecule has 0 aromatic rings. The summed E-state index contributed by atoms with van der Waals surface area (Å²) in [5.41, 5.74) is 5.62. The van der Waals surface area contributed by atoms with E-state index in [0.717, 1.165) is 0 Å². The summed E-state index contributed by atoms with van der Waals surface area (Å²) >= 11 is 0. The minimum Gasteiger partial charge on any atom is -0.473 e. The van der Waals surface area contributed by atoms with E-state index in [1.165, 1.54) is 21.6 Å². The number of ketones is 1. The standard InChI is InChI=1S/C12H22N3O4S2.CH3.Y/c1-14-11(17)10(13)8-21-20-7-5-9(16)4-3-6-19-12(18)15-2;;/h10H,2-8,13H2,1H3,(H,14,17)(H,15,18);1H3;/q2*-1;. The third kappa shape index (κ3) is 16.8. The van der Waals surface area contributed by atoms with Crippen molar-refractivity contribution in [3.63, 3.8) is 0 Å². The van der Waals surface area contributed by atoms with Gasteiger partial charge in [-0.3, -0.25) is 16.6 Å². The Morgan fingerprint density at radius 3 is 2.48 bits per heavy atom. The molecule has 0 aliphatic carbocycles. The summed E-state index contributed by atoms with van der Waals surface area (Å²) in [6.45, 7) is 0.204. The maximum Gasteiger partial charge on any atom is 0.377 e. The Morgan fingerprint density at radius 2 is 1.91 bits per heavy atom. The Hall–Kier alpha value is 0.174. The van der Waals surface area contributed by atoms with Gasteiger partial charge < -0.3 is 28.5 Å². The molecule has 10 heteroatoms. The molecule has 0 aromatic carbocycles. The molecule has 0 fully saturated rings. The van der Waals surface area contributed by atoms with Crippen molar-refractivity contribution in [3.8, 4) is 0 Å². The van der Waals surface area contributed by atoms with Gasteiger partial charge in [0.05, 0.1) is 12.6 Å². The van der Waals surface area contributed by atoms with E-state index in [-0.39, 0.29) is 58.4 Å². The van der Waals surface area contributed by atoms with E-state index in [9.17, 15) is 14.4 Å². The molecule has 133 valence electrons. The minimum absolute atomic E-state index is 0. The predicted octanol–water partition coefficient (Wildman–Crippen LogP) is 1.15. The number of nitrogens with two attached hydrogens (primary N) is 1. The van der Waals surface area contributed by atoms with E-state index in [1.54, 1.807) is 7.05 Å².